The molecular weight excluding hydrogens is 388 g/mol. The zero-order valence-corrected chi connectivity index (χ0v) is 16.5. The Morgan fingerprint density at radius 2 is 1.69 bits per heavy atom. The van der Waals surface area contributed by atoms with E-state index >= 15 is 0 Å². The van der Waals surface area contributed by atoms with Crippen LogP contribution in [-0.2, 0) is 9.59 Å². The van der Waals surface area contributed by atoms with Crippen molar-refractivity contribution in [3.63, 3.8) is 0 Å². The summed E-state index contributed by atoms with van der Waals surface area (Å²) in [6, 6.07) is 13.6. The molecule has 0 spiro atoms. The van der Waals surface area contributed by atoms with Crippen molar-refractivity contribution in [2.45, 2.75) is 0 Å². The van der Waals surface area contributed by atoms with Crippen LogP contribution in [0.25, 0.3) is 6.08 Å². The molecule has 0 aliphatic carbocycles. The van der Waals surface area contributed by atoms with E-state index in [1.807, 2.05) is 30.3 Å². The van der Waals surface area contributed by atoms with Crippen molar-refractivity contribution in [2.75, 3.05) is 37.6 Å². The van der Waals surface area contributed by atoms with Crippen molar-refractivity contribution in [1.82, 2.24) is 14.8 Å². The number of anilines is 1. The van der Waals surface area contributed by atoms with Crippen LogP contribution >= 0.6 is 11.8 Å². The second-order valence-electron chi connectivity index (χ2n) is 6.75. The van der Waals surface area contributed by atoms with Gasteiger partial charge in [-0.3, -0.25) is 24.3 Å². The highest BCUT2D eigenvalue weighted by atomic mass is 32.2. The molecule has 2 aromatic rings. The first-order chi connectivity index (χ1) is 14.1. The van der Waals surface area contributed by atoms with Gasteiger partial charge in [0.1, 0.15) is 6.54 Å². The van der Waals surface area contributed by atoms with E-state index in [2.05, 4.69) is 9.88 Å². The number of hydrogen-bond acceptors (Lipinski definition) is 6. The molecule has 0 saturated carbocycles. The monoisotopic (exact) mass is 408 g/mol. The molecule has 2 saturated heterocycles. The molecule has 0 unspecified atom stereocenters. The van der Waals surface area contributed by atoms with Crippen molar-refractivity contribution in [3.05, 3.63) is 65.3 Å². The van der Waals surface area contributed by atoms with Crippen LogP contribution in [0, 0.1) is 0 Å². The first-order valence-corrected chi connectivity index (χ1v) is 10.2. The number of para-hydroxylation sites is 1. The van der Waals surface area contributed by atoms with E-state index in [1.165, 1.54) is 0 Å². The zero-order valence-electron chi connectivity index (χ0n) is 15.7. The quantitative estimate of drug-likeness (QED) is 0.724. The highest BCUT2D eigenvalue weighted by Crippen LogP contribution is 2.32. The van der Waals surface area contributed by atoms with Crippen LogP contribution < -0.4 is 4.90 Å². The molecule has 8 heteroatoms. The number of pyridine rings is 1. The molecule has 0 bridgehead atoms. The second kappa shape index (κ2) is 8.48. The van der Waals surface area contributed by atoms with Crippen molar-refractivity contribution >= 4 is 40.6 Å². The summed E-state index contributed by atoms with van der Waals surface area (Å²) >= 11 is 0.862. The van der Waals surface area contributed by atoms with Gasteiger partial charge in [0.2, 0.25) is 5.91 Å². The molecule has 2 aliphatic heterocycles. The Kier molecular flexibility index (Phi) is 5.62. The van der Waals surface area contributed by atoms with Gasteiger partial charge >= 0.3 is 0 Å². The Morgan fingerprint density at radius 3 is 2.38 bits per heavy atom. The van der Waals surface area contributed by atoms with Crippen LogP contribution in [0.1, 0.15) is 5.56 Å². The fourth-order valence-corrected chi connectivity index (χ4v) is 4.17. The van der Waals surface area contributed by atoms with Crippen LogP contribution in [0.4, 0.5) is 10.5 Å². The molecule has 3 amide bonds. The van der Waals surface area contributed by atoms with E-state index in [9.17, 15) is 14.4 Å². The van der Waals surface area contributed by atoms with Crippen LogP contribution in [0.3, 0.4) is 0 Å². The number of carbonyl (C=O) groups is 3. The number of hydrogen-bond donors (Lipinski definition) is 0. The van der Waals surface area contributed by atoms with Crippen LogP contribution in [0.15, 0.2) is 59.8 Å². The topological polar surface area (TPSA) is 73.8 Å². The van der Waals surface area contributed by atoms with Crippen LogP contribution in [0.2, 0.25) is 0 Å². The van der Waals surface area contributed by atoms with E-state index in [0.717, 1.165) is 41.0 Å². The first kappa shape index (κ1) is 19.2. The van der Waals surface area contributed by atoms with Crippen LogP contribution in [-0.4, -0.2) is 64.6 Å². The summed E-state index contributed by atoms with van der Waals surface area (Å²) in [7, 11) is 0. The number of aromatic nitrogens is 1. The van der Waals surface area contributed by atoms with Gasteiger partial charge in [-0.25, -0.2) is 0 Å². The number of amides is 3. The van der Waals surface area contributed by atoms with Gasteiger partial charge < -0.3 is 9.80 Å². The summed E-state index contributed by atoms with van der Waals surface area (Å²) in [5.41, 5.74) is 1.92. The molecule has 3 heterocycles. The van der Waals surface area contributed by atoms with Crippen molar-refractivity contribution in [1.29, 1.82) is 0 Å². The van der Waals surface area contributed by atoms with E-state index in [0.29, 0.717) is 18.0 Å². The maximum Gasteiger partial charge on any atom is 0.294 e. The maximum atomic E-state index is 12.7. The van der Waals surface area contributed by atoms with Gasteiger partial charge in [0.15, 0.2) is 0 Å². The Morgan fingerprint density at radius 1 is 1.00 bits per heavy atom. The summed E-state index contributed by atoms with van der Waals surface area (Å²) in [6.45, 7) is 2.36. The molecule has 2 aliphatic rings. The Bertz CT molecular complexity index is 941. The third-order valence-corrected chi connectivity index (χ3v) is 5.83. The minimum absolute atomic E-state index is 0.204. The molecule has 1 aromatic heterocycles. The zero-order chi connectivity index (χ0) is 20.2. The Labute approximate surface area is 173 Å². The smallest absolute Gasteiger partial charge is 0.294 e. The number of carbonyl (C=O) groups excluding carboxylic acids is 3. The summed E-state index contributed by atoms with van der Waals surface area (Å²) in [6.07, 6.45) is 4.89. The lowest BCUT2D eigenvalue weighted by Crippen LogP contribution is -2.51. The van der Waals surface area contributed by atoms with E-state index in [1.54, 1.807) is 35.5 Å². The highest BCUT2D eigenvalue weighted by molar-refractivity contribution is 8.18. The van der Waals surface area contributed by atoms with Crippen molar-refractivity contribution < 1.29 is 14.4 Å². The minimum atomic E-state index is -0.423. The van der Waals surface area contributed by atoms with Gasteiger partial charge in [0.05, 0.1) is 4.91 Å². The standard InChI is InChI=1S/C21H20N4O3S/c26-19(24-12-10-23(11-13-24)17-4-2-1-3-5-17)15-25-20(27)18(29-21(25)28)14-16-6-8-22-9-7-16/h1-9,14H,10-13,15H2/b18-14+. The molecular formula is C21H20N4O3S. The maximum absolute atomic E-state index is 12.7. The first-order valence-electron chi connectivity index (χ1n) is 9.35. The van der Waals surface area contributed by atoms with Gasteiger partial charge in [-0.1, -0.05) is 18.2 Å². The van der Waals surface area contributed by atoms with Gasteiger partial charge in [-0.2, -0.15) is 0 Å². The molecule has 0 radical (unpaired) electrons. The normalized spacial score (nSPS) is 18.6. The molecule has 2 fully saturated rings. The molecule has 7 nitrogen and oxygen atoms in total. The predicted octanol–water partition coefficient (Wildman–Crippen LogP) is 2.47. The molecule has 4 rings (SSSR count). The number of rotatable bonds is 4. The predicted molar refractivity (Wildman–Crippen MR) is 112 cm³/mol. The number of piperazine rings is 1. The average molecular weight is 408 g/mol. The Balaban J connectivity index is 1.36. The minimum Gasteiger partial charge on any atom is -0.368 e. The van der Waals surface area contributed by atoms with Crippen molar-refractivity contribution in [3.8, 4) is 0 Å². The molecule has 0 N–H and O–H groups in total. The number of benzene rings is 1. The SMILES string of the molecule is O=C(CN1C(=O)S/C(=C/c2ccncc2)C1=O)N1CCN(c2ccccc2)CC1. The highest BCUT2D eigenvalue weighted by Gasteiger charge is 2.37. The molecule has 29 heavy (non-hydrogen) atoms. The number of imide groups is 1. The van der Waals surface area contributed by atoms with Gasteiger partial charge in [-0.15, -0.1) is 0 Å². The lowest BCUT2D eigenvalue weighted by molar-refractivity contribution is -0.136. The van der Waals surface area contributed by atoms with Gasteiger partial charge in [0.25, 0.3) is 11.1 Å². The van der Waals surface area contributed by atoms with Crippen molar-refractivity contribution in [2.24, 2.45) is 0 Å². The van der Waals surface area contributed by atoms with Gasteiger partial charge in [-0.05, 0) is 47.7 Å². The second-order valence-corrected chi connectivity index (χ2v) is 7.74. The average Bonchev–Trinajstić information content (AvgIpc) is 3.02. The summed E-state index contributed by atoms with van der Waals surface area (Å²) in [4.78, 5) is 46.8. The van der Waals surface area contributed by atoms with E-state index in [-0.39, 0.29) is 12.5 Å². The fourth-order valence-electron chi connectivity index (χ4n) is 3.34. The lowest BCUT2D eigenvalue weighted by atomic mass is 10.2. The Hall–Kier alpha value is -3.13. The number of thioether (sulfide) groups is 1. The van der Waals surface area contributed by atoms with Crippen LogP contribution in [0.5, 0.6) is 0 Å². The summed E-state index contributed by atoms with van der Waals surface area (Å²) in [5.74, 6) is -0.627. The molecule has 148 valence electrons. The third kappa shape index (κ3) is 4.32. The van der Waals surface area contributed by atoms with E-state index in [4.69, 9.17) is 0 Å². The number of nitrogens with zero attached hydrogens (tertiary/aromatic N) is 4. The summed E-state index contributed by atoms with van der Waals surface area (Å²) < 4.78 is 0. The lowest BCUT2D eigenvalue weighted by Gasteiger charge is -2.36. The van der Waals surface area contributed by atoms with Gasteiger partial charge in [0, 0.05) is 44.3 Å². The largest absolute Gasteiger partial charge is 0.368 e. The summed E-state index contributed by atoms with van der Waals surface area (Å²) in [5, 5.41) is -0.411. The van der Waals surface area contributed by atoms with E-state index < -0.39 is 11.1 Å². The third-order valence-electron chi connectivity index (χ3n) is 4.92. The fraction of sp³-hybridized carbons (Fsp3) is 0.238. The molecule has 1 aromatic carbocycles. The molecule has 0 atom stereocenters.